The average molecular weight is 452 g/mol. The monoisotopic (exact) mass is 451 g/mol. The van der Waals surface area contributed by atoms with Crippen LogP contribution < -0.4 is 9.64 Å². The first-order valence-corrected chi connectivity index (χ1v) is 11.6. The number of thiazole rings is 1. The summed E-state index contributed by atoms with van der Waals surface area (Å²) in [7, 11) is 0. The van der Waals surface area contributed by atoms with Gasteiger partial charge in [-0.3, -0.25) is 14.5 Å². The van der Waals surface area contributed by atoms with Crippen molar-refractivity contribution < 1.29 is 18.7 Å². The van der Waals surface area contributed by atoms with Crippen LogP contribution in [0, 0.1) is 5.82 Å². The first-order chi connectivity index (χ1) is 15.6. The Kier molecular flexibility index (Phi) is 5.61. The highest BCUT2D eigenvalue weighted by molar-refractivity contribution is 7.13. The summed E-state index contributed by atoms with van der Waals surface area (Å²) in [4.78, 5) is 34.4. The predicted octanol–water partition coefficient (Wildman–Crippen LogP) is 4.37. The molecule has 3 aromatic rings. The van der Waals surface area contributed by atoms with Crippen LogP contribution in [0.4, 0.5) is 10.1 Å². The number of piperidine rings is 1. The van der Waals surface area contributed by atoms with Gasteiger partial charge in [0.1, 0.15) is 22.3 Å². The van der Waals surface area contributed by atoms with E-state index < -0.39 is 6.10 Å². The molecular weight excluding hydrogens is 429 g/mol. The Labute approximate surface area is 189 Å². The number of halogens is 1. The fourth-order valence-corrected chi connectivity index (χ4v) is 4.91. The topological polar surface area (TPSA) is 62.7 Å². The summed E-state index contributed by atoms with van der Waals surface area (Å²) in [5.74, 6) is -0.184. The Morgan fingerprint density at radius 3 is 2.56 bits per heavy atom. The summed E-state index contributed by atoms with van der Waals surface area (Å²) in [6.45, 7) is 1.58. The summed E-state index contributed by atoms with van der Waals surface area (Å²) < 4.78 is 19.2. The Balaban J connectivity index is 1.42. The van der Waals surface area contributed by atoms with Crippen molar-refractivity contribution in [2.45, 2.75) is 25.4 Å². The zero-order chi connectivity index (χ0) is 22.1. The van der Waals surface area contributed by atoms with Crippen LogP contribution >= 0.6 is 11.3 Å². The number of aromatic nitrogens is 1. The van der Waals surface area contributed by atoms with E-state index in [1.807, 2.05) is 23.1 Å². The van der Waals surface area contributed by atoms with Crippen molar-refractivity contribution in [3.05, 3.63) is 65.4 Å². The standard InChI is InChI=1S/C24H22FN3O3S/c25-17-10-8-16(9-11-17)22-26-18(15-32-22)23(29)28-14-21(24(30)27-12-4-1-5-13-27)31-20-7-3-2-6-19(20)28/h2-3,6-11,15,21H,1,4-5,12-14H2/t21-/m0/s1. The van der Waals surface area contributed by atoms with E-state index in [1.165, 1.54) is 23.5 Å². The molecule has 5 rings (SSSR count). The van der Waals surface area contributed by atoms with Gasteiger partial charge < -0.3 is 9.64 Å². The van der Waals surface area contributed by atoms with Gasteiger partial charge in [-0.2, -0.15) is 0 Å². The number of carbonyl (C=O) groups is 2. The van der Waals surface area contributed by atoms with Gasteiger partial charge in [-0.05, 0) is 55.7 Å². The van der Waals surface area contributed by atoms with Crippen molar-refractivity contribution in [3.8, 4) is 16.3 Å². The highest BCUT2D eigenvalue weighted by atomic mass is 32.1. The van der Waals surface area contributed by atoms with Gasteiger partial charge >= 0.3 is 0 Å². The zero-order valence-electron chi connectivity index (χ0n) is 17.4. The number of benzene rings is 2. The third kappa shape index (κ3) is 3.98. The largest absolute Gasteiger partial charge is 0.476 e. The molecule has 0 aliphatic carbocycles. The summed E-state index contributed by atoms with van der Waals surface area (Å²) in [5.41, 5.74) is 1.66. The van der Waals surface area contributed by atoms with Crippen molar-refractivity contribution in [1.82, 2.24) is 9.88 Å². The number of para-hydroxylation sites is 2. The summed E-state index contributed by atoms with van der Waals surface area (Å²) in [5, 5.41) is 2.33. The molecule has 2 aliphatic heterocycles. The lowest BCUT2D eigenvalue weighted by Gasteiger charge is -2.37. The molecule has 0 saturated carbocycles. The minimum absolute atomic E-state index is 0.0812. The van der Waals surface area contributed by atoms with Crippen LogP contribution in [-0.2, 0) is 4.79 Å². The molecule has 164 valence electrons. The van der Waals surface area contributed by atoms with E-state index in [9.17, 15) is 14.0 Å². The smallest absolute Gasteiger partial charge is 0.278 e. The second kappa shape index (κ2) is 8.70. The average Bonchev–Trinajstić information content (AvgIpc) is 3.34. The van der Waals surface area contributed by atoms with Gasteiger partial charge in [-0.1, -0.05) is 12.1 Å². The lowest BCUT2D eigenvalue weighted by Crippen LogP contribution is -2.52. The molecule has 6 nitrogen and oxygen atoms in total. The fraction of sp³-hybridized carbons (Fsp3) is 0.292. The van der Waals surface area contributed by atoms with Crippen LogP contribution in [0.15, 0.2) is 53.9 Å². The van der Waals surface area contributed by atoms with Crippen LogP contribution in [0.3, 0.4) is 0 Å². The number of ether oxygens (including phenoxy) is 1. The fourth-order valence-electron chi connectivity index (χ4n) is 4.11. The van der Waals surface area contributed by atoms with Gasteiger partial charge in [0.05, 0.1) is 12.2 Å². The predicted molar refractivity (Wildman–Crippen MR) is 120 cm³/mol. The van der Waals surface area contributed by atoms with Crippen molar-refractivity contribution in [2.75, 3.05) is 24.5 Å². The van der Waals surface area contributed by atoms with Crippen LogP contribution in [0.2, 0.25) is 0 Å². The number of nitrogens with zero attached hydrogens (tertiary/aromatic N) is 3. The summed E-state index contributed by atoms with van der Waals surface area (Å²) in [6, 6.07) is 13.3. The van der Waals surface area contributed by atoms with Crippen molar-refractivity contribution in [1.29, 1.82) is 0 Å². The van der Waals surface area contributed by atoms with Gasteiger partial charge in [0.2, 0.25) is 0 Å². The molecule has 1 fully saturated rings. The third-order valence-electron chi connectivity index (χ3n) is 5.78. The number of carbonyl (C=O) groups excluding carboxylic acids is 2. The van der Waals surface area contributed by atoms with Crippen LogP contribution in [0.5, 0.6) is 5.75 Å². The highest BCUT2D eigenvalue weighted by Gasteiger charge is 2.37. The number of rotatable bonds is 3. The van der Waals surface area contributed by atoms with E-state index in [1.54, 1.807) is 28.5 Å². The molecule has 1 atom stereocenters. The molecule has 8 heteroatoms. The minimum Gasteiger partial charge on any atom is -0.476 e. The Hall–Kier alpha value is -3.26. The lowest BCUT2D eigenvalue weighted by atomic mass is 10.1. The second-order valence-corrected chi connectivity index (χ2v) is 8.78. The van der Waals surface area contributed by atoms with E-state index >= 15 is 0 Å². The lowest BCUT2D eigenvalue weighted by molar-refractivity contribution is -0.139. The minimum atomic E-state index is -0.748. The molecule has 0 N–H and O–H groups in total. The van der Waals surface area contributed by atoms with Crippen LogP contribution in [-0.4, -0.2) is 47.4 Å². The third-order valence-corrected chi connectivity index (χ3v) is 6.67. The van der Waals surface area contributed by atoms with E-state index in [-0.39, 0.29) is 29.9 Å². The van der Waals surface area contributed by atoms with E-state index in [4.69, 9.17) is 4.74 Å². The number of likely N-dealkylation sites (tertiary alicyclic amines) is 1. The molecule has 1 aromatic heterocycles. The number of anilines is 1. The molecule has 32 heavy (non-hydrogen) atoms. The second-order valence-electron chi connectivity index (χ2n) is 7.92. The first-order valence-electron chi connectivity index (χ1n) is 10.7. The maximum atomic E-state index is 13.4. The molecule has 0 bridgehead atoms. The first kappa shape index (κ1) is 20.6. The molecule has 0 spiro atoms. The normalized spacial score (nSPS) is 18.1. The maximum Gasteiger partial charge on any atom is 0.278 e. The molecule has 3 heterocycles. The Bertz CT molecular complexity index is 1140. The summed E-state index contributed by atoms with van der Waals surface area (Å²) >= 11 is 1.32. The van der Waals surface area contributed by atoms with Gasteiger partial charge in [0, 0.05) is 24.0 Å². The SMILES string of the molecule is O=C([C@@H]1CN(C(=O)c2csc(-c3ccc(F)cc3)n2)c2ccccc2O1)N1CCCCC1. The number of hydrogen-bond acceptors (Lipinski definition) is 5. The molecule has 1 saturated heterocycles. The van der Waals surface area contributed by atoms with E-state index in [0.717, 1.165) is 37.9 Å². The summed E-state index contributed by atoms with van der Waals surface area (Å²) in [6.07, 6.45) is 2.36. The van der Waals surface area contributed by atoms with Crippen LogP contribution in [0.1, 0.15) is 29.8 Å². The maximum absolute atomic E-state index is 13.4. The van der Waals surface area contributed by atoms with Crippen LogP contribution in [0.25, 0.3) is 10.6 Å². The van der Waals surface area contributed by atoms with Crippen molar-refractivity contribution in [2.24, 2.45) is 0 Å². The Morgan fingerprint density at radius 2 is 1.78 bits per heavy atom. The quantitative estimate of drug-likeness (QED) is 0.593. The highest BCUT2D eigenvalue weighted by Crippen LogP contribution is 2.35. The van der Waals surface area contributed by atoms with Gasteiger partial charge in [-0.15, -0.1) is 11.3 Å². The van der Waals surface area contributed by atoms with Crippen molar-refractivity contribution >= 4 is 28.8 Å². The molecule has 2 aliphatic rings. The molecular formula is C24H22FN3O3S. The van der Waals surface area contributed by atoms with Gasteiger partial charge in [0.15, 0.2) is 6.10 Å². The van der Waals surface area contributed by atoms with Gasteiger partial charge in [-0.25, -0.2) is 9.37 Å². The number of fused-ring (bicyclic) bond motifs is 1. The van der Waals surface area contributed by atoms with Crippen molar-refractivity contribution in [3.63, 3.8) is 0 Å². The number of amides is 2. The molecule has 0 radical (unpaired) electrons. The van der Waals surface area contributed by atoms with E-state index in [2.05, 4.69) is 4.98 Å². The molecule has 2 aromatic carbocycles. The van der Waals surface area contributed by atoms with E-state index in [0.29, 0.717) is 16.4 Å². The van der Waals surface area contributed by atoms with Gasteiger partial charge in [0.25, 0.3) is 11.8 Å². The molecule has 0 unspecified atom stereocenters. The zero-order valence-corrected chi connectivity index (χ0v) is 18.2. The number of hydrogen-bond donors (Lipinski definition) is 0. The Morgan fingerprint density at radius 1 is 1.03 bits per heavy atom. The molecule has 2 amide bonds.